The van der Waals surface area contributed by atoms with Gasteiger partial charge in [0.2, 0.25) is 5.82 Å². The molecular weight excluding hydrogens is 499 g/mol. The summed E-state index contributed by atoms with van der Waals surface area (Å²) < 4.78 is 133. The van der Waals surface area contributed by atoms with Gasteiger partial charge in [-0.05, 0) is 12.1 Å². The fraction of sp³-hybridized carbons (Fsp3) is 0.250. The average Bonchev–Trinajstić information content (AvgIpc) is 2.59. The summed E-state index contributed by atoms with van der Waals surface area (Å²) >= 11 is 11.2. The van der Waals surface area contributed by atoms with Crippen molar-refractivity contribution < 1.29 is 48.8 Å². The first-order chi connectivity index (χ1) is 13.9. The molecule has 31 heavy (non-hydrogen) atoms. The Hall–Kier alpha value is -2.28. The molecule has 0 aliphatic carbocycles. The molecule has 0 radical (unpaired) electrons. The molecule has 2 aromatic carbocycles. The molecule has 0 heterocycles. The lowest BCUT2D eigenvalue weighted by Crippen LogP contribution is -2.59. The van der Waals surface area contributed by atoms with Crippen molar-refractivity contribution in [2.75, 3.05) is 0 Å². The molecule has 0 amide bonds. The fourth-order valence-corrected chi connectivity index (χ4v) is 3.29. The molecule has 1 unspecified atom stereocenters. The SMILES string of the molecule is O=[N+]([O-])c1cccc(-c2c(Cl)cc(C(F)(C(F)(F)F)C(F)(F)C(F)(F)F)cc2Cl)c1F. The van der Waals surface area contributed by atoms with E-state index in [1.54, 1.807) is 0 Å². The van der Waals surface area contributed by atoms with E-state index >= 15 is 0 Å². The molecule has 0 saturated carbocycles. The maximum Gasteiger partial charge on any atom is 0.457 e. The maximum absolute atomic E-state index is 14.6. The number of nitro groups is 1. The van der Waals surface area contributed by atoms with E-state index in [1.165, 1.54) is 0 Å². The fourth-order valence-electron chi connectivity index (χ4n) is 2.60. The molecule has 0 spiro atoms. The molecular formula is C16H5Cl2F10NO2. The van der Waals surface area contributed by atoms with Gasteiger partial charge in [-0.1, -0.05) is 35.3 Å². The lowest BCUT2D eigenvalue weighted by atomic mass is 9.86. The monoisotopic (exact) mass is 503 g/mol. The Morgan fingerprint density at radius 1 is 0.839 bits per heavy atom. The number of halogens is 12. The first-order valence-corrected chi connectivity index (χ1v) is 8.26. The van der Waals surface area contributed by atoms with Gasteiger partial charge in [-0.25, -0.2) is 4.39 Å². The lowest BCUT2D eigenvalue weighted by molar-refractivity contribution is -0.389. The molecule has 0 bridgehead atoms. The van der Waals surface area contributed by atoms with Crippen LogP contribution in [0.2, 0.25) is 10.0 Å². The molecule has 3 nitrogen and oxygen atoms in total. The summed E-state index contributed by atoms with van der Waals surface area (Å²) in [6.07, 6.45) is -13.8. The Labute approximate surface area is 175 Å². The van der Waals surface area contributed by atoms with E-state index in [0.717, 1.165) is 12.1 Å². The van der Waals surface area contributed by atoms with Crippen molar-refractivity contribution in [3.63, 3.8) is 0 Å². The number of nitro benzene ring substituents is 1. The quantitative estimate of drug-likeness (QED) is 0.244. The van der Waals surface area contributed by atoms with Crippen LogP contribution in [0.1, 0.15) is 5.56 Å². The molecule has 15 heteroatoms. The van der Waals surface area contributed by atoms with Gasteiger partial charge in [0.15, 0.2) is 0 Å². The van der Waals surface area contributed by atoms with Crippen LogP contribution < -0.4 is 0 Å². The molecule has 2 rings (SSSR count). The number of alkyl halides is 9. The van der Waals surface area contributed by atoms with E-state index in [0.29, 0.717) is 6.07 Å². The smallest absolute Gasteiger partial charge is 0.258 e. The zero-order valence-corrected chi connectivity index (χ0v) is 15.7. The number of hydrogen-bond donors (Lipinski definition) is 0. The first-order valence-electron chi connectivity index (χ1n) is 7.51. The summed E-state index contributed by atoms with van der Waals surface area (Å²) in [5.41, 5.74) is -11.4. The molecule has 0 aliphatic heterocycles. The summed E-state index contributed by atoms with van der Waals surface area (Å²) in [4.78, 5) is 9.63. The van der Waals surface area contributed by atoms with Crippen LogP contribution in [-0.2, 0) is 5.67 Å². The second-order valence-corrected chi connectivity index (χ2v) is 6.75. The molecule has 2 aromatic rings. The van der Waals surface area contributed by atoms with Crippen LogP contribution in [0.4, 0.5) is 49.6 Å². The van der Waals surface area contributed by atoms with Crippen LogP contribution in [0, 0.1) is 15.9 Å². The van der Waals surface area contributed by atoms with E-state index in [4.69, 9.17) is 23.2 Å². The van der Waals surface area contributed by atoms with Crippen LogP contribution in [0.5, 0.6) is 0 Å². The minimum absolute atomic E-state index is 0.242. The molecule has 0 aromatic heterocycles. The predicted molar refractivity (Wildman–Crippen MR) is 88.4 cm³/mol. The van der Waals surface area contributed by atoms with Crippen LogP contribution in [0.25, 0.3) is 11.1 Å². The topological polar surface area (TPSA) is 43.1 Å². The second-order valence-electron chi connectivity index (χ2n) is 5.94. The third-order valence-corrected chi connectivity index (χ3v) is 4.66. The first kappa shape index (κ1) is 25.0. The molecule has 0 aliphatic rings. The van der Waals surface area contributed by atoms with Crippen molar-refractivity contribution in [1.82, 2.24) is 0 Å². The summed E-state index contributed by atoms with van der Waals surface area (Å²) in [6.45, 7) is 0. The van der Waals surface area contributed by atoms with E-state index < -0.39 is 67.1 Å². The third kappa shape index (κ3) is 3.88. The highest BCUT2D eigenvalue weighted by Gasteiger charge is 2.81. The summed E-state index contributed by atoms with van der Waals surface area (Å²) in [7, 11) is 0. The minimum Gasteiger partial charge on any atom is -0.258 e. The highest BCUT2D eigenvalue weighted by molar-refractivity contribution is 6.39. The van der Waals surface area contributed by atoms with Gasteiger partial charge >= 0.3 is 29.6 Å². The number of benzene rings is 2. The zero-order valence-electron chi connectivity index (χ0n) is 14.2. The van der Waals surface area contributed by atoms with Gasteiger partial charge < -0.3 is 0 Å². The van der Waals surface area contributed by atoms with Crippen molar-refractivity contribution in [2.45, 2.75) is 23.9 Å². The van der Waals surface area contributed by atoms with Crippen LogP contribution >= 0.6 is 23.2 Å². The Bertz CT molecular complexity index is 1020. The van der Waals surface area contributed by atoms with Crippen LogP contribution in [0.3, 0.4) is 0 Å². The van der Waals surface area contributed by atoms with Gasteiger partial charge in [-0.3, -0.25) is 10.1 Å². The Balaban J connectivity index is 2.84. The van der Waals surface area contributed by atoms with Crippen LogP contribution in [-0.4, -0.2) is 23.2 Å². The normalized spacial score (nSPS) is 15.0. The Kier molecular flexibility index (Phi) is 6.20. The van der Waals surface area contributed by atoms with E-state index in [-0.39, 0.29) is 12.1 Å². The summed E-state index contributed by atoms with van der Waals surface area (Å²) in [6, 6.07) is 1.92. The van der Waals surface area contributed by atoms with Crippen molar-refractivity contribution in [3.8, 4) is 11.1 Å². The lowest BCUT2D eigenvalue weighted by Gasteiger charge is -2.36. The van der Waals surface area contributed by atoms with E-state index in [1.807, 2.05) is 0 Å². The Morgan fingerprint density at radius 3 is 1.71 bits per heavy atom. The minimum atomic E-state index is -6.97. The van der Waals surface area contributed by atoms with E-state index in [9.17, 15) is 54.0 Å². The third-order valence-electron chi connectivity index (χ3n) is 4.06. The highest BCUT2D eigenvalue weighted by Crippen LogP contribution is 2.59. The van der Waals surface area contributed by atoms with Crippen molar-refractivity contribution in [3.05, 3.63) is 61.9 Å². The molecule has 0 fully saturated rings. The van der Waals surface area contributed by atoms with Gasteiger partial charge in [0.25, 0.3) is 0 Å². The predicted octanol–water partition coefficient (Wildman–Crippen LogP) is 7.63. The summed E-state index contributed by atoms with van der Waals surface area (Å²) in [5.74, 6) is -8.56. The second kappa shape index (κ2) is 7.69. The van der Waals surface area contributed by atoms with Gasteiger partial charge in [-0.2, -0.15) is 39.5 Å². The van der Waals surface area contributed by atoms with Crippen LogP contribution in [0.15, 0.2) is 30.3 Å². The average molecular weight is 504 g/mol. The molecule has 0 saturated heterocycles. The zero-order chi connectivity index (χ0) is 24.2. The number of nitrogens with zero attached hydrogens (tertiary/aromatic N) is 1. The summed E-state index contributed by atoms with van der Waals surface area (Å²) in [5, 5.41) is 8.46. The standard InChI is InChI=1S/C16H5Cl2F10NO2/c17-8-4-6(13(20,15(23,24)25)14(21,22)16(26,27)28)5-9(18)11(8)7-2-1-3-10(12(7)19)29(30)31/h1-5H. The number of rotatable bonds is 4. The van der Waals surface area contributed by atoms with E-state index in [2.05, 4.69) is 0 Å². The van der Waals surface area contributed by atoms with Crippen molar-refractivity contribution >= 4 is 28.9 Å². The number of hydrogen-bond acceptors (Lipinski definition) is 2. The molecule has 0 N–H and O–H groups in total. The maximum atomic E-state index is 14.6. The molecule has 170 valence electrons. The highest BCUT2D eigenvalue weighted by atomic mass is 35.5. The van der Waals surface area contributed by atoms with Crippen molar-refractivity contribution in [1.29, 1.82) is 0 Å². The molecule has 1 atom stereocenters. The van der Waals surface area contributed by atoms with Gasteiger partial charge in [0.05, 0.1) is 15.0 Å². The van der Waals surface area contributed by atoms with Gasteiger partial charge in [0, 0.05) is 22.8 Å². The van der Waals surface area contributed by atoms with Gasteiger partial charge in [-0.15, -0.1) is 0 Å². The van der Waals surface area contributed by atoms with Crippen molar-refractivity contribution in [2.24, 2.45) is 0 Å². The Morgan fingerprint density at radius 2 is 1.32 bits per heavy atom. The largest absolute Gasteiger partial charge is 0.457 e. The van der Waals surface area contributed by atoms with Gasteiger partial charge in [0.1, 0.15) is 0 Å².